The van der Waals surface area contributed by atoms with Crippen LogP contribution in [0.2, 0.25) is 0 Å². The van der Waals surface area contributed by atoms with Crippen LogP contribution in [0.3, 0.4) is 0 Å². The first-order valence-electron chi connectivity index (χ1n) is 12.0. The molecule has 5 rings (SSSR count). The van der Waals surface area contributed by atoms with E-state index in [0.29, 0.717) is 6.42 Å². The Bertz CT molecular complexity index is 1400. The zero-order valence-corrected chi connectivity index (χ0v) is 21.0. The Morgan fingerprint density at radius 1 is 0.861 bits per heavy atom. The molecule has 0 bridgehead atoms. The van der Waals surface area contributed by atoms with Crippen LogP contribution in [0.5, 0.6) is 5.75 Å². The number of hydrogen-bond donors (Lipinski definition) is 2. The van der Waals surface area contributed by atoms with Gasteiger partial charge in [-0.2, -0.15) is 0 Å². The lowest BCUT2D eigenvalue weighted by molar-refractivity contribution is -0.118. The predicted molar refractivity (Wildman–Crippen MR) is 145 cm³/mol. The number of methoxy groups -OCH3 is 1. The fourth-order valence-electron chi connectivity index (χ4n) is 4.65. The van der Waals surface area contributed by atoms with Gasteiger partial charge in [0.2, 0.25) is 5.91 Å². The quantitative estimate of drug-likeness (QED) is 0.305. The van der Waals surface area contributed by atoms with Crippen LogP contribution < -0.4 is 15.4 Å². The second-order valence-electron chi connectivity index (χ2n) is 9.03. The Kier molecular flexibility index (Phi) is 7.07. The number of nitrogens with one attached hydrogen (secondary N) is 2. The summed E-state index contributed by atoms with van der Waals surface area (Å²) in [6, 6.07) is 31.3. The molecule has 36 heavy (non-hydrogen) atoms. The molecule has 4 aromatic carbocycles. The van der Waals surface area contributed by atoms with Gasteiger partial charge in [0.05, 0.1) is 18.4 Å². The normalized spacial score (nSPS) is 17.1. The lowest BCUT2D eigenvalue weighted by atomic mass is 9.94. The molecule has 2 N–H and O–H groups in total. The summed E-state index contributed by atoms with van der Waals surface area (Å²) in [5.41, 5.74) is 4.44. The summed E-state index contributed by atoms with van der Waals surface area (Å²) in [4.78, 5) is 23.7. The molecule has 1 heterocycles. The molecule has 6 heteroatoms. The van der Waals surface area contributed by atoms with Gasteiger partial charge in [0.1, 0.15) is 5.75 Å². The van der Waals surface area contributed by atoms with E-state index in [9.17, 15) is 9.59 Å². The molecule has 5 nitrogen and oxygen atoms in total. The van der Waals surface area contributed by atoms with E-state index >= 15 is 0 Å². The number of hydrogen-bond acceptors (Lipinski definition) is 5. The van der Waals surface area contributed by atoms with E-state index in [1.54, 1.807) is 7.11 Å². The van der Waals surface area contributed by atoms with Gasteiger partial charge in [0.25, 0.3) is 5.24 Å². The van der Waals surface area contributed by atoms with Gasteiger partial charge >= 0.3 is 0 Å². The van der Waals surface area contributed by atoms with Gasteiger partial charge in [0, 0.05) is 6.04 Å². The van der Waals surface area contributed by atoms with E-state index in [0.717, 1.165) is 34.2 Å². The second kappa shape index (κ2) is 10.6. The third-order valence-corrected chi connectivity index (χ3v) is 7.59. The molecule has 182 valence electrons. The van der Waals surface area contributed by atoms with Gasteiger partial charge in [-0.05, 0) is 64.6 Å². The number of fused-ring (bicyclic) bond motifs is 1. The number of carbonyl (C=O) groups is 2. The maximum absolute atomic E-state index is 12.1. The second-order valence-corrected chi connectivity index (χ2v) is 10.2. The highest BCUT2D eigenvalue weighted by molar-refractivity contribution is 8.15. The number of carbonyl (C=O) groups excluding carboxylic acids is 2. The van der Waals surface area contributed by atoms with Crippen LogP contribution in [-0.2, 0) is 11.2 Å². The molecule has 1 fully saturated rings. The van der Waals surface area contributed by atoms with Crippen molar-refractivity contribution in [1.82, 2.24) is 10.6 Å². The number of rotatable bonds is 8. The Balaban J connectivity index is 1.45. The van der Waals surface area contributed by atoms with E-state index in [1.165, 1.54) is 16.3 Å². The summed E-state index contributed by atoms with van der Waals surface area (Å²) in [5, 5.41) is 7.98. The van der Waals surface area contributed by atoms with Crippen LogP contribution in [-0.4, -0.2) is 23.5 Å². The summed E-state index contributed by atoms with van der Waals surface area (Å²) in [5.74, 6) is 0.591. The summed E-state index contributed by atoms with van der Waals surface area (Å²) in [6.45, 7) is 2.18. The highest BCUT2D eigenvalue weighted by Crippen LogP contribution is 2.30. The maximum atomic E-state index is 12.1. The van der Waals surface area contributed by atoms with Crippen molar-refractivity contribution in [3.05, 3.63) is 113 Å². The van der Waals surface area contributed by atoms with Crippen molar-refractivity contribution >= 4 is 33.7 Å². The minimum Gasteiger partial charge on any atom is -0.497 e. The number of imide groups is 1. The minimum atomic E-state index is -0.392. The SMILES string of the molecule is COc1ccc(C(N[C@@H](C)c2ccc3ccccc3c2)c2cccc(CC3SC(=O)NC3=O)c2)cc1. The molecule has 1 saturated heterocycles. The van der Waals surface area contributed by atoms with Gasteiger partial charge in [0.15, 0.2) is 0 Å². The molecule has 2 unspecified atom stereocenters. The zero-order chi connectivity index (χ0) is 25.1. The lowest BCUT2D eigenvalue weighted by Crippen LogP contribution is -2.26. The molecule has 4 aromatic rings. The smallest absolute Gasteiger partial charge is 0.286 e. The predicted octanol–water partition coefficient (Wildman–Crippen LogP) is 6.18. The summed E-state index contributed by atoms with van der Waals surface area (Å²) >= 11 is 1.06. The molecule has 0 aliphatic carbocycles. The molecule has 1 aliphatic rings. The van der Waals surface area contributed by atoms with Crippen molar-refractivity contribution < 1.29 is 14.3 Å². The third-order valence-electron chi connectivity index (χ3n) is 6.61. The zero-order valence-electron chi connectivity index (χ0n) is 20.2. The summed E-state index contributed by atoms with van der Waals surface area (Å²) in [7, 11) is 1.66. The largest absolute Gasteiger partial charge is 0.497 e. The summed E-state index contributed by atoms with van der Waals surface area (Å²) in [6.07, 6.45) is 0.506. The fraction of sp³-hybridized carbons (Fsp3) is 0.200. The Hall–Kier alpha value is -3.61. The van der Waals surface area contributed by atoms with Crippen LogP contribution in [0.4, 0.5) is 4.79 Å². The number of thioether (sulfide) groups is 1. The van der Waals surface area contributed by atoms with E-state index in [-0.39, 0.29) is 23.2 Å². The first kappa shape index (κ1) is 24.1. The first-order chi connectivity index (χ1) is 17.5. The Labute approximate surface area is 215 Å². The molecule has 0 aromatic heterocycles. The van der Waals surface area contributed by atoms with E-state index < -0.39 is 5.25 Å². The number of benzene rings is 4. The van der Waals surface area contributed by atoms with Crippen molar-refractivity contribution in [3.63, 3.8) is 0 Å². The molecule has 0 spiro atoms. The van der Waals surface area contributed by atoms with Crippen LogP contribution in [0, 0.1) is 0 Å². The van der Waals surface area contributed by atoms with Gasteiger partial charge in [-0.3, -0.25) is 20.2 Å². The molecule has 1 aliphatic heterocycles. The van der Waals surface area contributed by atoms with E-state index in [4.69, 9.17) is 4.74 Å². The molecule has 0 radical (unpaired) electrons. The maximum Gasteiger partial charge on any atom is 0.286 e. The third kappa shape index (κ3) is 5.30. The van der Waals surface area contributed by atoms with Gasteiger partial charge in [-0.1, -0.05) is 84.6 Å². The average molecular weight is 497 g/mol. The van der Waals surface area contributed by atoms with E-state index in [1.807, 2.05) is 24.3 Å². The molecule has 0 saturated carbocycles. The topological polar surface area (TPSA) is 67.4 Å². The number of ether oxygens (including phenoxy) is 1. The lowest BCUT2D eigenvalue weighted by Gasteiger charge is -2.26. The molecule has 2 amide bonds. The molecular weight excluding hydrogens is 468 g/mol. The average Bonchev–Trinajstić information content (AvgIpc) is 3.23. The highest BCUT2D eigenvalue weighted by Gasteiger charge is 2.31. The molecule has 3 atom stereocenters. The van der Waals surface area contributed by atoms with Crippen molar-refractivity contribution in [2.75, 3.05) is 7.11 Å². The Morgan fingerprint density at radius 3 is 2.33 bits per heavy atom. The monoisotopic (exact) mass is 496 g/mol. The van der Waals surface area contributed by atoms with Crippen LogP contribution >= 0.6 is 11.8 Å². The van der Waals surface area contributed by atoms with Gasteiger partial charge in [-0.25, -0.2) is 0 Å². The van der Waals surface area contributed by atoms with Crippen molar-refractivity contribution in [1.29, 1.82) is 0 Å². The minimum absolute atomic E-state index is 0.0796. The first-order valence-corrected chi connectivity index (χ1v) is 12.9. The Morgan fingerprint density at radius 2 is 1.61 bits per heavy atom. The highest BCUT2D eigenvalue weighted by atomic mass is 32.2. The fourth-order valence-corrected chi connectivity index (χ4v) is 5.51. The van der Waals surface area contributed by atoms with Crippen LogP contribution in [0.15, 0.2) is 91.0 Å². The van der Waals surface area contributed by atoms with Crippen molar-refractivity contribution in [2.24, 2.45) is 0 Å². The van der Waals surface area contributed by atoms with Crippen molar-refractivity contribution in [3.8, 4) is 5.75 Å². The van der Waals surface area contributed by atoms with E-state index in [2.05, 4.69) is 84.3 Å². The van der Waals surface area contributed by atoms with Gasteiger partial charge < -0.3 is 4.74 Å². The molecular formula is C30H28N2O3S. The van der Waals surface area contributed by atoms with Crippen LogP contribution in [0.25, 0.3) is 10.8 Å². The standard InChI is InChI=1S/C30H28N2O3S/c1-19(23-11-10-21-7-3-4-8-24(21)18-23)31-28(22-12-14-26(35-2)15-13-22)25-9-5-6-20(16-25)17-27-29(33)32-30(34)36-27/h3-16,18-19,27-28,31H,17H2,1-2H3,(H,32,33,34)/t19-,27?,28?/m0/s1. The van der Waals surface area contributed by atoms with Crippen LogP contribution in [0.1, 0.15) is 41.3 Å². The summed E-state index contributed by atoms with van der Waals surface area (Å²) < 4.78 is 5.37. The van der Waals surface area contributed by atoms with Gasteiger partial charge in [-0.15, -0.1) is 0 Å². The van der Waals surface area contributed by atoms with Crippen molar-refractivity contribution in [2.45, 2.75) is 30.7 Å². The number of amides is 2.